The number of methoxy groups -OCH3 is 1. The maximum atomic E-state index is 14.7. The molecular weight excluding hydrogens is 797 g/mol. The number of ketones is 2. The first kappa shape index (κ1) is 48.2. The first-order valence-electron chi connectivity index (χ1n) is 21.6. The van der Waals surface area contributed by atoms with Crippen LogP contribution in [0.5, 0.6) is 11.5 Å². The smallest absolute Gasteiger partial charge is 0.312 e. The number of aliphatic hydroxyl groups excluding tert-OH is 2. The Balaban J connectivity index is 1.49. The van der Waals surface area contributed by atoms with Crippen LogP contribution in [0.1, 0.15) is 114 Å². The van der Waals surface area contributed by atoms with Crippen molar-refractivity contribution in [2.75, 3.05) is 26.7 Å². The van der Waals surface area contributed by atoms with E-state index in [0.717, 1.165) is 19.6 Å². The Morgan fingerprint density at radius 3 is 2.23 bits per heavy atom. The number of rotatable bonds is 17. The van der Waals surface area contributed by atoms with Crippen molar-refractivity contribution in [3.63, 3.8) is 0 Å². The zero-order valence-corrected chi connectivity index (χ0v) is 38.3. The van der Waals surface area contributed by atoms with Crippen molar-refractivity contribution < 1.29 is 53.4 Å². The number of phenolic OH excluding ortho intramolecular Hbond substituents is 1. The molecule has 0 unspecified atom stereocenters. The number of hydrogen-bond acceptors (Lipinski definition) is 14. The van der Waals surface area contributed by atoms with E-state index < -0.39 is 82.8 Å². The van der Waals surface area contributed by atoms with Gasteiger partial charge in [0.2, 0.25) is 5.78 Å². The maximum absolute atomic E-state index is 14.7. The van der Waals surface area contributed by atoms with Gasteiger partial charge in [0, 0.05) is 93.8 Å². The van der Waals surface area contributed by atoms with Crippen LogP contribution in [0.3, 0.4) is 0 Å². The van der Waals surface area contributed by atoms with E-state index in [4.69, 9.17) is 23.9 Å². The summed E-state index contributed by atoms with van der Waals surface area (Å²) in [5.74, 6) is -6.35. The lowest BCUT2D eigenvalue weighted by Crippen LogP contribution is -2.50. The molecule has 1 amide bonds. The van der Waals surface area contributed by atoms with Crippen molar-refractivity contribution in [2.45, 2.75) is 125 Å². The van der Waals surface area contributed by atoms with Crippen LogP contribution >= 0.6 is 0 Å². The van der Waals surface area contributed by atoms with Crippen molar-refractivity contribution in [3.05, 3.63) is 70.3 Å². The van der Waals surface area contributed by atoms with E-state index in [1.165, 1.54) is 40.2 Å². The van der Waals surface area contributed by atoms with Crippen LogP contribution in [0.15, 0.2) is 53.0 Å². The average Bonchev–Trinajstić information content (AvgIpc) is 3.74. The molecule has 0 bridgehead atoms. The predicted octanol–water partition coefficient (Wildman–Crippen LogP) is 5.25. The van der Waals surface area contributed by atoms with E-state index in [2.05, 4.69) is 36.0 Å². The number of hydrogen-bond donors (Lipinski definition) is 5. The molecular formula is C47H66N4O11. The van der Waals surface area contributed by atoms with Gasteiger partial charge in [0.15, 0.2) is 0 Å². The molecule has 15 heteroatoms. The molecule has 3 heterocycles. The van der Waals surface area contributed by atoms with Crippen molar-refractivity contribution >= 4 is 29.2 Å². The number of piperidine rings is 1. The number of amides is 1. The molecule has 1 fully saturated rings. The van der Waals surface area contributed by atoms with Crippen LogP contribution in [0.4, 0.5) is 0 Å². The minimum absolute atomic E-state index is 0.0124. The van der Waals surface area contributed by atoms with Gasteiger partial charge in [0.25, 0.3) is 11.7 Å². The van der Waals surface area contributed by atoms with Gasteiger partial charge < -0.3 is 49.8 Å². The van der Waals surface area contributed by atoms with E-state index in [9.17, 15) is 34.5 Å². The van der Waals surface area contributed by atoms with Crippen LogP contribution in [0.25, 0.3) is 0 Å². The van der Waals surface area contributed by atoms with Gasteiger partial charge in [0.1, 0.15) is 29.0 Å². The third-order valence-corrected chi connectivity index (χ3v) is 13.0. The first-order valence-corrected chi connectivity index (χ1v) is 21.6. The highest BCUT2D eigenvalue weighted by molar-refractivity contribution is 6.34. The lowest BCUT2D eigenvalue weighted by Gasteiger charge is -2.38. The summed E-state index contributed by atoms with van der Waals surface area (Å²) in [6.07, 6.45) is 3.61. The minimum Gasteiger partial charge on any atom is -0.507 e. The molecule has 9 atom stereocenters. The fourth-order valence-corrected chi connectivity index (χ4v) is 8.98. The normalized spacial score (nSPS) is 23.6. The number of aliphatic hydroxyl groups is 2. The number of nitrogens with one attached hydrogen (secondary N) is 2. The van der Waals surface area contributed by atoms with E-state index in [1.54, 1.807) is 53.7 Å². The molecule has 3 aliphatic heterocycles. The molecule has 4 aliphatic rings. The van der Waals surface area contributed by atoms with Crippen molar-refractivity contribution in [1.82, 2.24) is 15.5 Å². The predicted molar refractivity (Wildman–Crippen MR) is 233 cm³/mol. The topological polar surface area (TPSA) is 206 Å². The standard InChI is InChI=1S/C47H66N4O11/c1-14-24(5)38(53)27(8)39(54)28(9)42(61-30(11)52)26(7)31(59-13)16-21-60-46(12)44(57)34-32-33(40(55)29(10)43(34)62-46)41(56)37(48-45(58)25(6)15-2)36-35(32)49-47(50-36)17-19-51(20-18-47)22-23(3)4/h14-16,21,23-24,26-28,31,38-39,42,50,53-55H,1,17-20,22H2,2-13H3,(H,48,58)/b21-16+,25-15+/t24-,26+,27+,28+,31-,38-,39+,42+,46-/m0/s1. The summed E-state index contributed by atoms with van der Waals surface area (Å²) >= 11 is 0. The summed E-state index contributed by atoms with van der Waals surface area (Å²) in [5, 5.41) is 40.2. The Morgan fingerprint density at radius 2 is 1.66 bits per heavy atom. The number of aromatic hydroxyl groups is 1. The van der Waals surface area contributed by atoms with Gasteiger partial charge >= 0.3 is 11.8 Å². The summed E-state index contributed by atoms with van der Waals surface area (Å²) in [7, 11) is 1.46. The second kappa shape index (κ2) is 18.9. The van der Waals surface area contributed by atoms with Gasteiger partial charge in [0.05, 0.1) is 47.1 Å². The number of Topliss-reactive ketones (excluding diaryl/α,β-unsaturated/α-hetero) is 2. The van der Waals surface area contributed by atoms with Crippen LogP contribution in [-0.2, 0) is 23.8 Å². The van der Waals surface area contributed by atoms with Crippen molar-refractivity contribution in [1.29, 1.82) is 0 Å². The lowest BCUT2D eigenvalue weighted by atomic mass is 9.78. The number of fused-ring (bicyclic) bond motifs is 5. The quantitative estimate of drug-likeness (QED) is 0.0588. The zero-order chi connectivity index (χ0) is 46.2. The molecule has 340 valence electrons. The highest BCUT2D eigenvalue weighted by Gasteiger charge is 2.54. The van der Waals surface area contributed by atoms with E-state index in [1.807, 2.05) is 0 Å². The van der Waals surface area contributed by atoms with Gasteiger partial charge in [-0.15, -0.1) is 6.58 Å². The monoisotopic (exact) mass is 862 g/mol. The summed E-state index contributed by atoms with van der Waals surface area (Å²) in [5.41, 5.74) is 0.0591. The third-order valence-electron chi connectivity index (χ3n) is 13.0. The van der Waals surface area contributed by atoms with Gasteiger partial charge in [-0.1, -0.05) is 53.7 Å². The largest absolute Gasteiger partial charge is 0.507 e. The molecule has 0 aromatic heterocycles. The summed E-state index contributed by atoms with van der Waals surface area (Å²) in [4.78, 5) is 62.4. The van der Waals surface area contributed by atoms with Crippen LogP contribution in [0.2, 0.25) is 0 Å². The molecule has 1 spiro atoms. The number of esters is 1. The van der Waals surface area contributed by atoms with Crippen LogP contribution < -0.4 is 15.4 Å². The maximum Gasteiger partial charge on any atom is 0.312 e. The molecule has 0 radical (unpaired) electrons. The van der Waals surface area contributed by atoms with Gasteiger partial charge in [-0.05, 0) is 32.8 Å². The molecule has 1 aromatic carbocycles. The number of aliphatic imine (C=N–C) groups is 1. The Kier molecular flexibility index (Phi) is 14.7. The van der Waals surface area contributed by atoms with E-state index >= 15 is 0 Å². The Morgan fingerprint density at radius 1 is 1.02 bits per heavy atom. The fourth-order valence-electron chi connectivity index (χ4n) is 8.98. The van der Waals surface area contributed by atoms with Crippen LogP contribution in [0, 0.1) is 36.5 Å². The number of phenols is 1. The molecule has 0 saturated carbocycles. The summed E-state index contributed by atoms with van der Waals surface area (Å²) in [6.45, 7) is 25.1. The molecule has 15 nitrogen and oxygen atoms in total. The average molecular weight is 863 g/mol. The Hall–Kier alpha value is -4.83. The summed E-state index contributed by atoms with van der Waals surface area (Å²) in [6, 6.07) is 0. The highest BCUT2D eigenvalue weighted by atomic mass is 16.7. The highest BCUT2D eigenvalue weighted by Crippen LogP contribution is 2.50. The second-order valence-electron chi connectivity index (χ2n) is 18.0. The Labute approximate surface area is 365 Å². The molecule has 5 N–H and O–H groups in total. The van der Waals surface area contributed by atoms with Crippen molar-refractivity contribution in [2.24, 2.45) is 34.6 Å². The summed E-state index contributed by atoms with van der Waals surface area (Å²) < 4.78 is 23.9. The van der Waals surface area contributed by atoms with Gasteiger partial charge in [-0.2, -0.15) is 0 Å². The number of carbonyl (C=O) groups is 4. The molecule has 62 heavy (non-hydrogen) atoms. The third kappa shape index (κ3) is 9.13. The number of allylic oxidation sites excluding steroid dienone is 3. The second-order valence-corrected chi connectivity index (χ2v) is 18.0. The molecule has 1 aliphatic carbocycles. The minimum atomic E-state index is -1.98. The number of carbonyl (C=O) groups excluding carboxylic acids is 4. The number of likely N-dealkylation sites (tertiary alicyclic amines) is 1. The van der Waals surface area contributed by atoms with Gasteiger partial charge in [-0.3, -0.25) is 24.2 Å². The van der Waals surface area contributed by atoms with E-state index in [0.29, 0.717) is 24.3 Å². The fraction of sp³-hybridized carbons (Fsp3) is 0.596. The molecule has 1 aromatic rings. The van der Waals surface area contributed by atoms with Gasteiger partial charge in [-0.25, -0.2) is 0 Å². The van der Waals surface area contributed by atoms with Crippen molar-refractivity contribution in [3.8, 4) is 11.5 Å². The number of nitrogens with zero attached hydrogens (tertiary/aromatic N) is 2. The SMILES string of the molecule is C=C[C@H](C)[C@H](O)[C@@H](C)[C@@H](O)[C@@H](C)[C@H](OC(C)=O)[C@H](C)[C@H](/C=C/O[C@@]1(C)Oc2c(C)c(O)c3c(c2C1=O)C1=NC2(CCN(CC(C)C)CC2)NC1=C(NC(=O)/C(C)=C/C)C3=O)OC. The molecule has 5 rings (SSSR count). The number of ether oxygens (including phenoxy) is 4. The zero-order valence-electron chi connectivity index (χ0n) is 38.3. The first-order chi connectivity index (χ1) is 29.1. The lowest BCUT2D eigenvalue weighted by molar-refractivity contribution is -0.160. The Bertz CT molecular complexity index is 2080. The van der Waals surface area contributed by atoms with E-state index in [-0.39, 0.29) is 51.0 Å². The molecule has 1 saturated heterocycles. The van der Waals surface area contributed by atoms with Crippen LogP contribution in [-0.4, -0.2) is 112 Å². The number of benzene rings is 1.